The molecule has 0 radical (unpaired) electrons. The van der Waals surface area contributed by atoms with Gasteiger partial charge in [-0.2, -0.15) is 5.10 Å². The third-order valence-electron chi connectivity index (χ3n) is 5.22. The average molecular weight is 440 g/mol. The van der Waals surface area contributed by atoms with Crippen molar-refractivity contribution in [3.8, 4) is 11.3 Å². The molecular weight excluding hydrogens is 414 g/mol. The van der Waals surface area contributed by atoms with E-state index < -0.39 is 0 Å². The van der Waals surface area contributed by atoms with Crippen molar-refractivity contribution in [2.45, 2.75) is 26.8 Å². The van der Waals surface area contributed by atoms with Crippen LogP contribution in [0.4, 0.5) is 0 Å². The van der Waals surface area contributed by atoms with Crippen LogP contribution in [0.3, 0.4) is 0 Å². The molecule has 1 saturated heterocycles. The number of ether oxygens (including phenoxy) is 1. The van der Waals surface area contributed by atoms with Gasteiger partial charge < -0.3 is 15.0 Å². The Hall–Kier alpha value is -3.04. The summed E-state index contributed by atoms with van der Waals surface area (Å²) in [6, 6.07) is 7.76. The number of hydrogen-bond acceptors (Lipinski definition) is 6. The molecule has 0 atom stereocenters. The lowest BCUT2D eigenvalue weighted by atomic mass is 10.0. The van der Waals surface area contributed by atoms with Crippen molar-refractivity contribution in [2.75, 3.05) is 26.3 Å². The number of H-pyrrole nitrogens is 1. The molecular formula is C22H25N5O3S. The number of aromatic amines is 1. The van der Waals surface area contributed by atoms with Crippen LogP contribution in [0.25, 0.3) is 11.3 Å². The molecule has 1 aliphatic rings. The largest absolute Gasteiger partial charge is 0.378 e. The highest BCUT2D eigenvalue weighted by molar-refractivity contribution is 7.11. The summed E-state index contributed by atoms with van der Waals surface area (Å²) in [5, 5.41) is 11.0. The van der Waals surface area contributed by atoms with Crippen molar-refractivity contribution in [1.29, 1.82) is 0 Å². The van der Waals surface area contributed by atoms with Crippen LogP contribution in [0, 0.1) is 13.8 Å². The van der Waals surface area contributed by atoms with Crippen molar-refractivity contribution in [1.82, 2.24) is 25.4 Å². The monoisotopic (exact) mass is 439 g/mol. The van der Waals surface area contributed by atoms with E-state index in [0.717, 1.165) is 26.7 Å². The number of carbonyl (C=O) groups excluding carboxylic acids is 2. The van der Waals surface area contributed by atoms with Crippen LogP contribution in [-0.4, -0.2) is 58.2 Å². The number of morpholine rings is 1. The summed E-state index contributed by atoms with van der Waals surface area (Å²) in [7, 11) is 0. The highest BCUT2D eigenvalue weighted by Gasteiger charge is 2.23. The van der Waals surface area contributed by atoms with Crippen molar-refractivity contribution < 1.29 is 14.3 Å². The quantitative estimate of drug-likeness (QED) is 0.615. The van der Waals surface area contributed by atoms with Gasteiger partial charge in [-0.3, -0.25) is 14.7 Å². The first kappa shape index (κ1) is 21.2. The number of aryl methyl sites for hydroxylation is 2. The highest BCUT2D eigenvalue weighted by atomic mass is 32.1. The second-order valence-corrected chi connectivity index (χ2v) is 8.74. The fourth-order valence-electron chi connectivity index (χ4n) is 3.54. The van der Waals surface area contributed by atoms with Crippen LogP contribution in [0.1, 0.15) is 31.5 Å². The predicted octanol–water partition coefficient (Wildman–Crippen LogP) is 2.48. The van der Waals surface area contributed by atoms with Crippen LogP contribution < -0.4 is 5.32 Å². The average Bonchev–Trinajstić information content (AvgIpc) is 3.39. The molecule has 1 aromatic carbocycles. The van der Waals surface area contributed by atoms with E-state index in [1.54, 1.807) is 22.4 Å². The van der Waals surface area contributed by atoms with Gasteiger partial charge >= 0.3 is 0 Å². The lowest BCUT2D eigenvalue weighted by Gasteiger charge is -2.26. The summed E-state index contributed by atoms with van der Waals surface area (Å²) in [4.78, 5) is 32.3. The first-order chi connectivity index (χ1) is 15.0. The van der Waals surface area contributed by atoms with Crippen LogP contribution >= 0.6 is 11.3 Å². The zero-order chi connectivity index (χ0) is 21.8. The molecule has 1 aliphatic heterocycles. The Balaban J connectivity index is 1.37. The molecule has 3 aromatic rings. The lowest BCUT2D eigenvalue weighted by molar-refractivity contribution is -0.120. The normalized spacial score (nSPS) is 13.9. The Labute approximate surface area is 184 Å². The van der Waals surface area contributed by atoms with Crippen LogP contribution in [0.2, 0.25) is 0 Å². The van der Waals surface area contributed by atoms with E-state index in [1.165, 1.54) is 0 Å². The van der Waals surface area contributed by atoms with Gasteiger partial charge in [0.25, 0.3) is 5.91 Å². The molecule has 2 aromatic heterocycles. The van der Waals surface area contributed by atoms with Gasteiger partial charge in [-0.05, 0) is 19.4 Å². The second-order valence-electron chi connectivity index (χ2n) is 7.46. The maximum atomic E-state index is 12.8. The molecule has 162 valence electrons. The molecule has 31 heavy (non-hydrogen) atoms. The van der Waals surface area contributed by atoms with Crippen molar-refractivity contribution in [3.63, 3.8) is 0 Å². The number of nitrogens with zero attached hydrogens (tertiary/aromatic N) is 3. The standard InChI is InChI=1S/C22H25N5O3S/c1-14-19(31-15(2)25-14)11-20(28)23-12-16-3-5-17(6-4-16)21-18(13-24-26-21)22(29)27-7-9-30-10-8-27/h3-6,13H,7-12H2,1-2H3,(H,23,28)(H,24,26). The van der Waals surface area contributed by atoms with E-state index in [4.69, 9.17) is 4.74 Å². The van der Waals surface area contributed by atoms with E-state index in [1.807, 2.05) is 38.1 Å². The van der Waals surface area contributed by atoms with Gasteiger partial charge in [0.2, 0.25) is 5.91 Å². The minimum Gasteiger partial charge on any atom is -0.378 e. The summed E-state index contributed by atoms with van der Waals surface area (Å²) in [5.41, 5.74) is 4.03. The lowest BCUT2D eigenvalue weighted by Crippen LogP contribution is -2.40. The molecule has 2 amide bonds. The van der Waals surface area contributed by atoms with Gasteiger partial charge in [0.1, 0.15) is 0 Å². The zero-order valence-corrected chi connectivity index (χ0v) is 18.4. The van der Waals surface area contributed by atoms with Crippen molar-refractivity contribution >= 4 is 23.2 Å². The van der Waals surface area contributed by atoms with Gasteiger partial charge in [-0.15, -0.1) is 11.3 Å². The molecule has 0 aliphatic carbocycles. The second kappa shape index (κ2) is 9.40. The molecule has 0 unspecified atom stereocenters. The maximum Gasteiger partial charge on any atom is 0.257 e. The van der Waals surface area contributed by atoms with E-state index >= 15 is 0 Å². The van der Waals surface area contributed by atoms with E-state index in [0.29, 0.717) is 50.5 Å². The van der Waals surface area contributed by atoms with Crippen LogP contribution in [0.15, 0.2) is 30.5 Å². The molecule has 3 heterocycles. The summed E-state index contributed by atoms with van der Waals surface area (Å²) in [6.45, 7) is 6.60. The Kier molecular flexibility index (Phi) is 6.43. The molecule has 9 heteroatoms. The summed E-state index contributed by atoms with van der Waals surface area (Å²) < 4.78 is 5.33. The highest BCUT2D eigenvalue weighted by Crippen LogP contribution is 2.23. The van der Waals surface area contributed by atoms with Gasteiger partial charge in [-0.25, -0.2) is 4.98 Å². The SMILES string of the molecule is Cc1nc(C)c(CC(=O)NCc2ccc(-c3[nH]ncc3C(=O)N3CCOCC3)cc2)s1. The molecule has 8 nitrogen and oxygen atoms in total. The summed E-state index contributed by atoms with van der Waals surface area (Å²) in [6.07, 6.45) is 1.92. The topological polar surface area (TPSA) is 100 Å². The fourth-order valence-corrected chi connectivity index (χ4v) is 4.48. The predicted molar refractivity (Wildman–Crippen MR) is 118 cm³/mol. The minimum absolute atomic E-state index is 0.0252. The van der Waals surface area contributed by atoms with E-state index in [9.17, 15) is 9.59 Å². The number of aromatic nitrogens is 3. The van der Waals surface area contributed by atoms with Gasteiger partial charge in [0.15, 0.2) is 0 Å². The zero-order valence-electron chi connectivity index (χ0n) is 17.6. The van der Waals surface area contributed by atoms with Crippen molar-refractivity contribution in [3.05, 3.63) is 57.2 Å². The molecule has 1 fully saturated rings. The third kappa shape index (κ3) is 5.00. The number of benzene rings is 1. The number of nitrogens with one attached hydrogen (secondary N) is 2. The van der Waals surface area contributed by atoms with Gasteiger partial charge in [0, 0.05) is 30.1 Å². The fraction of sp³-hybridized carbons (Fsp3) is 0.364. The van der Waals surface area contributed by atoms with Crippen LogP contribution in [-0.2, 0) is 22.5 Å². The molecule has 2 N–H and O–H groups in total. The Morgan fingerprint density at radius 3 is 2.61 bits per heavy atom. The Morgan fingerprint density at radius 1 is 1.19 bits per heavy atom. The molecule has 4 rings (SSSR count). The first-order valence-electron chi connectivity index (χ1n) is 10.2. The maximum absolute atomic E-state index is 12.8. The number of thiazole rings is 1. The van der Waals surface area contributed by atoms with E-state index in [2.05, 4.69) is 20.5 Å². The van der Waals surface area contributed by atoms with Gasteiger partial charge in [0.05, 0.1) is 47.8 Å². The van der Waals surface area contributed by atoms with E-state index in [-0.39, 0.29) is 11.8 Å². The smallest absolute Gasteiger partial charge is 0.257 e. The number of rotatable bonds is 6. The molecule has 0 bridgehead atoms. The minimum atomic E-state index is -0.0445. The van der Waals surface area contributed by atoms with Gasteiger partial charge in [-0.1, -0.05) is 24.3 Å². The molecule has 0 spiro atoms. The van der Waals surface area contributed by atoms with Crippen LogP contribution in [0.5, 0.6) is 0 Å². The van der Waals surface area contributed by atoms with Crippen molar-refractivity contribution in [2.24, 2.45) is 0 Å². The summed E-state index contributed by atoms with van der Waals surface area (Å²) in [5.74, 6) is -0.0697. The Morgan fingerprint density at radius 2 is 1.94 bits per heavy atom. The number of hydrogen-bond donors (Lipinski definition) is 2. The molecule has 0 saturated carbocycles. The summed E-state index contributed by atoms with van der Waals surface area (Å²) >= 11 is 1.56. The number of carbonyl (C=O) groups is 2. The Bertz CT molecular complexity index is 1070. The number of amides is 2. The third-order valence-corrected chi connectivity index (χ3v) is 6.29. The first-order valence-corrected chi connectivity index (χ1v) is 11.0.